The van der Waals surface area contributed by atoms with E-state index < -0.39 is 6.10 Å². The second-order valence-electron chi connectivity index (χ2n) is 4.90. The third-order valence-electron chi connectivity index (χ3n) is 3.21. The highest BCUT2D eigenvalue weighted by Crippen LogP contribution is 2.29. The van der Waals surface area contributed by atoms with Gasteiger partial charge in [-0.15, -0.1) is 0 Å². The zero-order valence-electron chi connectivity index (χ0n) is 12.8. The minimum absolute atomic E-state index is 0.294. The summed E-state index contributed by atoms with van der Waals surface area (Å²) >= 11 is 12.0. The van der Waals surface area contributed by atoms with Gasteiger partial charge in [0.25, 0.3) is 5.91 Å². The smallest absolute Gasteiger partial charge is 0.253 e. The van der Waals surface area contributed by atoms with E-state index in [1.54, 1.807) is 32.2 Å². The van der Waals surface area contributed by atoms with Crippen LogP contribution in [0.15, 0.2) is 42.5 Å². The minimum atomic E-state index is -0.642. The molecule has 1 amide bonds. The molecule has 0 bridgehead atoms. The van der Waals surface area contributed by atoms with Crippen molar-refractivity contribution in [3.63, 3.8) is 0 Å². The Labute approximate surface area is 145 Å². The number of carbonyl (C=O) groups excluding carboxylic acids is 1. The first-order chi connectivity index (χ1) is 11.0. The van der Waals surface area contributed by atoms with Crippen LogP contribution < -0.4 is 10.1 Å². The van der Waals surface area contributed by atoms with Crippen molar-refractivity contribution in [2.24, 2.45) is 0 Å². The molecule has 6 heteroatoms. The van der Waals surface area contributed by atoms with Crippen molar-refractivity contribution in [2.75, 3.05) is 12.4 Å². The molecule has 0 aliphatic carbocycles. The highest BCUT2D eigenvalue weighted by atomic mass is 35.5. The van der Waals surface area contributed by atoms with Gasteiger partial charge in [-0.2, -0.15) is 0 Å². The molecule has 122 valence electrons. The van der Waals surface area contributed by atoms with Gasteiger partial charge < -0.3 is 14.8 Å². The predicted molar refractivity (Wildman–Crippen MR) is 92.3 cm³/mol. The maximum absolute atomic E-state index is 12.2. The molecule has 0 heterocycles. The number of nitrogens with one attached hydrogen (secondary N) is 1. The average molecular weight is 354 g/mol. The fourth-order valence-corrected chi connectivity index (χ4v) is 2.24. The number of halogens is 2. The summed E-state index contributed by atoms with van der Waals surface area (Å²) in [5.41, 5.74) is 1.38. The van der Waals surface area contributed by atoms with E-state index in [2.05, 4.69) is 5.32 Å². The quantitative estimate of drug-likeness (QED) is 0.828. The maximum Gasteiger partial charge on any atom is 0.253 e. The number of amides is 1. The van der Waals surface area contributed by atoms with E-state index in [-0.39, 0.29) is 5.91 Å². The lowest BCUT2D eigenvalue weighted by atomic mass is 10.2. The van der Waals surface area contributed by atoms with Crippen molar-refractivity contribution in [1.82, 2.24) is 0 Å². The number of hydrogen-bond donors (Lipinski definition) is 1. The highest BCUT2D eigenvalue weighted by Gasteiger charge is 2.16. The van der Waals surface area contributed by atoms with Gasteiger partial charge >= 0.3 is 0 Å². The van der Waals surface area contributed by atoms with Crippen LogP contribution in [0.4, 0.5) is 5.69 Å². The molecular weight excluding hydrogens is 337 g/mol. The molecular formula is C17H17Cl2NO3. The molecule has 0 saturated carbocycles. The normalized spacial score (nSPS) is 11.8. The van der Waals surface area contributed by atoms with Crippen LogP contribution in [0.25, 0.3) is 0 Å². The van der Waals surface area contributed by atoms with Crippen LogP contribution in [0.2, 0.25) is 10.0 Å². The molecule has 0 aliphatic heterocycles. The first-order valence-corrected chi connectivity index (χ1v) is 7.76. The second-order valence-corrected chi connectivity index (χ2v) is 5.68. The van der Waals surface area contributed by atoms with Crippen molar-refractivity contribution in [3.05, 3.63) is 58.1 Å². The molecule has 4 nitrogen and oxygen atoms in total. The van der Waals surface area contributed by atoms with Crippen molar-refractivity contribution in [2.45, 2.75) is 19.6 Å². The third kappa shape index (κ3) is 4.86. The molecule has 0 saturated heterocycles. The summed E-state index contributed by atoms with van der Waals surface area (Å²) in [6.45, 7) is 1.98. The van der Waals surface area contributed by atoms with Crippen molar-refractivity contribution < 1.29 is 14.3 Å². The van der Waals surface area contributed by atoms with Gasteiger partial charge in [-0.25, -0.2) is 0 Å². The summed E-state index contributed by atoms with van der Waals surface area (Å²) in [7, 11) is 1.60. The summed E-state index contributed by atoms with van der Waals surface area (Å²) in [5, 5.41) is 3.40. The largest absolute Gasteiger partial charge is 0.497 e. The zero-order valence-corrected chi connectivity index (χ0v) is 14.3. The third-order valence-corrected chi connectivity index (χ3v) is 4.03. The van der Waals surface area contributed by atoms with E-state index in [1.807, 2.05) is 24.3 Å². The van der Waals surface area contributed by atoms with E-state index >= 15 is 0 Å². The highest BCUT2D eigenvalue weighted by molar-refractivity contribution is 6.44. The lowest BCUT2D eigenvalue weighted by molar-refractivity contribution is -0.127. The van der Waals surface area contributed by atoms with Crippen LogP contribution >= 0.6 is 23.2 Å². The van der Waals surface area contributed by atoms with Gasteiger partial charge in [0.1, 0.15) is 11.9 Å². The fourth-order valence-electron chi connectivity index (χ4n) is 1.89. The molecule has 2 aromatic carbocycles. The number of methoxy groups -OCH3 is 1. The van der Waals surface area contributed by atoms with Crippen LogP contribution in [0, 0.1) is 0 Å². The molecule has 2 aromatic rings. The lowest BCUT2D eigenvalue weighted by Gasteiger charge is -2.15. The first-order valence-electron chi connectivity index (χ1n) is 7.00. The Morgan fingerprint density at radius 1 is 1.22 bits per heavy atom. The van der Waals surface area contributed by atoms with Crippen molar-refractivity contribution in [3.8, 4) is 5.75 Å². The van der Waals surface area contributed by atoms with Gasteiger partial charge in [-0.05, 0) is 36.8 Å². The monoisotopic (exact) mass is 353 g/mol. The summed E-state index contributed by atoms with van der Waals surface area (Å²) in [5.74, 6) is 0.450. The fraction of sp³-hybridized carbons (Fsp3) is 0.235. The number of rotatable bonds is 6. The van der Waals surface area contributed by atoms with Crippen LogP contribution in [-0.4, -0.2) is 19.1 Å². The molecule has 1 N–H and O–H groups in total. The van der Waals surface area contributed by atoms with Gasteiger partial charge in [-0.1, -0.05) is 41.4 Å². The Morgan fingerprint density at radius 2 is 1.96 bits per heavy atom. The van der Waals surface area contributed by atoms with Crippen LogP contribution in [-0.2, 0) is 16.1 Å². The van der Waals surface area contributed by atoms with Gasteiger partial charge in [0.05, 0.1) is 29.4 Å². The summed E-state index contributed by atoms with van der Waals surface area (Å²) < 4.78 is 10.7. The Balaban J connectivity index is 1.93. The summed E-state index contributed by atoms with van der Waals surface area (Å²) in [6, 6.07) is 12.5. The van der Waals surface area contributed by atoms with E-state index in [4.69, 9.17) is 32.7 Å². The number of benzene rings is 2. The Kier molecular flexibility index (Phi) is 6.28. The maximum atomic E-state index is 12.2. The first kappa shape index (κ1) is 17.6. The molecule has 0 radical (unpaired) electrons. The lowest BCUT2D eigenvalue weighted by Crippen LogP contribution is -2.27. The van der Waals surface area contributed by atoms with E-state index in [0.717, 1.165) is 11.3 Å². The Hall–Kier alpha value is -1.75. The Bertz CT molecular complexity index is 691. The van der Waals surface area contributed by atoms with Crippen molar-refractivity contribution in [1.29, 1.82) is 0 Å². The second kappa shape index (κ2) is 8.20. The van der Waals surface area contributed by atoms with E-state index in [1.165, 1.54) is 0 Å². The van der Waals surface area contributed by atoms with Crippen LogP contribution in [0.5, 0.6) is 5.75 Å². The van der Waals surface area contributed by atoms with E-state index in [0.29, 0.717) is 22.3 Å². The molecule has 1 unspecified atom stereocenters. The van der Waals surface area contributed by atoms with Gasteiger partial charge in [0.15, 0.2) is 0 Å². The van der Waals surface area contributed by atoms with Crippen molar-refractivity contribution >= 4 is 34.8 Å². The van der Waals surface area contributed by atoms with Crippen LogP contribution in [0.3, 0.4) is 0 Å². The molecule has 0 fully saturated rings. The molecule has 2 rings (SSSR count). The standard InChI is InChI=1S/C17H17Cl2NO3/c1-11(23-10-12-5-3-6-13(9-12)22-2)17(21)20-15-8-4-7-14(18)16(15)19/h3-9,11H,10H2,1-2H3,(H,20,21). The molecule has 23 heavy (non-hydrogen) atoms. The molecule has 0 spiro atoms. The SMILES string of the molecule is COc1cccc(COC(C)C(=O)Nc2cccc(Cl)c2Cl)c1. The number of hydrogen-bond acceptors (Lipinski definition) is 3. The number of carbonyl (C=O) groups is 1. The van der Waals surface area contributed by atoms with Gasteiger partial charge in [-0.3, -0.25) is 4.79 Å². The number of ether oxygens (including phenoxy) is 2. The topological polar surface area (TPSA) is 47.6 Å². The predicted octanol–water partition coefficient (Wildman–Crippen LogP) is 4.55. The Morgan fingerprint density at radius 3 is 2.70 bits per heavy atom. The van der Waals surface area contributed by atoms with Crippen LogP contribution in [0.1, 0.15) is 12.5 Å². The van der Waals surface area contributed by atoms with Gasteiger partial charge in [0, 0.05) is 0 Å². The van der Waals surface area contributed by atoms with Gasteiger partial charge in [0.2, 0.25) is 0 Å². The molecule has 0 aromatic heterocycles. The zero-order chi connectivity index (χ0) is 16.8. The van der Waals surface area contributed by atoms with E-state index in [9.17, 15) is 4.79 Å². The number of anilines is 1. The summed E-state index contributed by atoms with van der Waals surface area (Å²) in [4.78, 5) is 12.2. The summed E-state index contributed by atoms with van der Waals surface area (Å²) in [6.07, 6.45) is -0.642. The minimum Gasteiger partial charge on any atom is -0.497 e. The molecule has 0 aliphatic rings. The molecule has 1 atom stereocenters. The average Bonchev–Trinajstić information content (AvgIpc) is 2.57.